The van der Waals surface area contributed by atoms with E-state index in [0.29, 0.717) is 17.1 Å². The Bertz CT molecular complexity index is 1150. The van der Waals surface area contributed by atoms with Crippen LogP contribution in [0.15, 0.2) is 102 Å². The van der Waals surface area contributed by atoms with Crippen molar-refractivity contribution in [1.82, 2.24) is 4.90 Å². The zero-order valence-corrected chi connectivity index (χ0v) is 18.4. The quantitative estimate of drug-likeness (QED) is 0.548. The Morgan fingerprint density at radius 1 is 0.968 bits per heavy atom. The largest absolute Gasteiger partial charge is 0.366 e. The van der Waals surface area contributed by atoms with Crippen LogP contribution in [0.2, 0.25) is 5.02 Å². The molecular formula is C27H25ClN2O. The van der Waals surface area contributed by atoms with Gasteiger partial charge in [-0.25, -0.2) is 0 Å². The Morgan fingerprint density at radius 3 is 2.13 bits per heavy atom. The number of halogens is 1. The van der Waals surface area contributed by atoms with Gasteiger partial charge in [0, 0.05) is 23.0 Å². The molecular weight excluding hydrogens is 404 g/mol. The van der Waals surface area contributed by atoms with E-state index in [0.717, 1.165) is 28.1 Å². The number of amides is 1. The summed E-state index contributed by atoms with van der Waals surface area (Å²) >= 11 is 6.16. The second-order valence-corrected chi connectivity index (χ2v) is 8.40. The van der Waals surface area contributed by atoms with E-state index in [-0.39, 0.29) is 0 Å². The smallest absolute Gasteiger partial charge is 0.247 e. The number of carbonyl (C=O) groups excluding carboxylic acids is 1. The van der Waals surface area contributed by atoms with Crippen LogP contribution in [0.4, 0.5) is 0 Å². The van der Waals surface area contributed by atoms with Crippen LogP contribution in [-0.4, -0.2) is 10.8 Å². The van der Waals surface area contributed by atoms with Gasteiger partial charge in [0.05, 0.1) is 11.0 Å². The maximum Gasteiger partial charge on any atom is 0.247 e. The van der Waals surface area contributed by atoms with Crippen LogP contribution in [0.3, 0.4) is 0 Å². The molecule has 1 atom stereocenters. The number of hydrogen-bond acceptors (Lipinski definition) is 2. The summed E-state index contributed by atoms with van der Waals surface area (Å²) in [6.07, 6.45) is 2.15. The number of nitrogens with zero attached hydrogens (tertiary/aromatic N) is 1. The van der Waals surface area contributed by atoms with Crippen molar-refractivity contribution in [2.24, 2.45) is 5.73 Å². The Labute approximate surface area is 188 Å². The minimum Gasteiger partial charge on any atom is -0.366 e. The van der Waals surface area contributed by atoms with Gasteiger partial charge in [0.25, 0.3) is 0 Å². The molecule has 0 spiro atoms. The van der Waals surface area contributed by atoms with E-state index < -0.39 is 11.3 Å². The summed E-state index contributed by atoms with van der Waals surface area (Å²) in [6, 6.07) is 28.1. The minimum absolute atomic E-state index is 0.413. The molecule has 0 aliphatic carbocycles. The highest BCUT2D eigenvalue weighted by Crippen LogP contribution is 2.50. The molecule has 3 aromatic rings. The van der Waals surface area contributed by atoms with Gasteiger partial charge in [0.15, 0.2) is 0 Å². The topological polar surface area (TPSA) is 46.3 Å². The summed E-state index contributed by atoms with van der Waals surface area (Å²) in [4.78, 5) is 15.0. The molecule has 0 saturated heterocycles. The molecule has 0 radical (unpaired) electrons. The monoisotopic (exact) mass is 428 g/mol. The SMILES string of the molecule is CC1=C(C(N)=O)C(C)(c2ccc(Cl)cc2)/C(=C/c2ccccc2)N1Cc1ccccc1. The average molecular weight is 429 g/mol. The van der Waals surface area contributed by atoms with Gasteiger partial charge in [-0.2, -0.15) is 0 Å². The number of primary amides is 1. The van der Waals surface area contributed by atoms with E-state index in [9.17, 15) is 4.79 Å². The zero-order chi connectivity index (χ0) is 22.0. The van der Waals surface area contributed by atoms with Crippen molar-refractivity contribution >= 4 is 23.6 Å². The van der Waals surface area contributed by atoms with Gasteiger partial charge in [0.1, 0.15) is 0 Å². The average Bonchev–Trinajstić information content (AvgIpc) is 2.97. The fourth-order valence-electron chi connectivity index (χ4n) is 4.47. The van der Waals surface area contributed by atoms with E-state index in [1.165, 1.54) is 0 Å². The van der Waals surface area contributed by atoms with Crippen LogP contribution in [-0.2, 0) is 16.8 Å². The number of carbonyl (C=O) groups is 1. The molecule has 4 heteroatoms. The van der Waals surface area contributed by atoms with Crippen LogP contribution in [0, 0.1) is 0 Å². The molecule has 3 nitrogen and oxygen atoms in total. The van der Waals surface area contributed by atoms with Crippen molar-refractivity contribution in [2.75, 3.05) is 0 Å². The molecule has 0 fully saturated rings. The number of rotatable bonds is 5. The lowest BCUT2D eigenvalue weighted by Crippen LogP contribution is -2.33. The number of hydrogen-bond donors (Lipinski definition) is 1. The van der Waals surface area contributed by atoms with E-state index in [2.05, 4.69) is 42.2 Å². The minimum atomic E-state index is -0.703. The molecule has 0 saturated carbocycles. The molecule has 4 rings (SSSR count). The van der Waals surface area contributed by atoms with Gasteiger partial charge >= 0.3 is 0 Å². The second-order valence-electron chi connectivity index (χ2n) is 7.97. The first-order valence-electron chi connectivity index (χ1n) is 10.3. The molecule has 156 valence electrons. The van der Waals surface area contributed by atoms with Gasteiger partial charge in [-0.15, -0.1) is 0 Å². The predicted octanol–water partition coefficient (Wildman–Crippen LogP) is 5.91. The number of benzene rings is 3. The third kappa shape index (κ3) is 3.89. The van der Waals surface area contributed by atoms with Crippen molar-refractivity contribution in [1.29, 1.82) is 0 Å². The molecule has 2 N–H and O–H groups in total. The summed E-state index contributed by atoms with van der Waals surface area (Å²) in [6.45, 7) is 4.69. The summed E-state index contributed by atoms with van der Waals surface area (Å²) in [5.41, 5.74) is 10.9. The zero-order valence-electron chi connectivity index (χ0n) is 17.7. The second kappa shape index (κ2) is 8.44. The normalized spacial score (nSPS) is 19.8. The fourth-order valence-corrected chi connectivity index (χ4v) is 4.60. The third-order valence-electron chi connectivity index (χ3n) is 6.02. The number of allylic oxidation sites excluding steroid dienone is 2. The van der Waals surface area contributed by atoms with Crippen molar-refractivity contribution in [2.45, 2.75) is 25.8 Å². The van der Waals surface area contributed by atoms with E-state index >= 15 is 0 Å². The van der Waals surface area contributed by atoms with Gasteiger partial charge in [-0.1, -0.05) is 84.4 Å². The molecule has 0 aromatic heterocycles. The van der Waals surface area contributed by atoms with Crippen LogP contribution < -0.4 is 5.73 Å². The van der Waals surface area contributed by atoms with Gasteiger partial charge in [-0.05, 0) is 48.7 Å². The van der Waals surface area contributed by atoms with Gasteiger partial charge < -0.3 is 10.6 Å². The maximum absolute atomic E-state index is 12.7. The Kier molecular flexibility index (Phi) is 5.71. The first kappa shape index (κ1) is 21.0. The molecule has 31 heavy (non-hydrogen) atoms. The first-order valence-corrected chi connectivity index (χ1v) is 10.6. The van der Waals surface area contributed by atoms with Crippen LogP contribution in [0.5, 0.6) is 0 Å². The van der Waals surface area contributed by atoms with E-state index in [1.54, 1.807) is 0 Å². The van der Waals surface area contributed by atoms with Crippen molar-refractivity contribution in [3.8, 4) is 0 Å². The molecule has 1 unspecified atom stereocenters. The van der Waals surface area contributed by atoms with Crippen LogP contribution >= 0.6 is 11.6 Å². The lowest BCUT2D eigenvalue weighted by atomic mass is 9.74. The highest BCUT2D eigenvalue weighted by molar-refractivity contribution is 6.30. The van der Waals surface area contributed by atoms with E-state index in [1.807, 2.05) is 67.6 Å². The van der Waals surface area contributed by atoms with Crippen LogP contribution in [0.25, 0.3) is 6.08 Å². The lowest BCUT2D eigenvalue weighted by molar-refractivity contribution is -0.115. The third-order valence-corrected chi connectivity index (χ3v) is 6.28. The van der Waals surface area contributed by atoms with Crippen molar-refractivity contribution in [3.63, 3.8) is 0 Å². The van der Waals surface area contributed by atoms with Crippen molar-refractivity contribution < 1.29 is 4.79 Å². The predicted molar refractivity (Wildman–Crippen MR) is 127 cm³/mol. The Balaban J connectivity index is 1.94. The van der Waals surface area contributed by atoms with E-state index in [4.69, 9.17) is 17.3 Å². The van der Waals surface area contributed by atoms with Crippen molar-refractivity contribution in [3.05, 3.63) is 124 Å². The summed E-state index contributed by atoms with van der Waals surface area (Å²) < 4.78 is 0. The van der Waals surface area contributed by atoms with Crippen LogP contribution in [0.1, 0.15) is 30.5 Å². The molecule has 3 aromatic carbocycles. The molecule has 1 amide bonds. The first-order chi connectivity index (χ1) is 14.9. The Hall–Kier alpha value is -3.30. The maximum atomic E-state index is 12.7. The molecule has 0 bridgehead atoms. The molecule has 1 aliphatic rings. The Morgan fingerprint density at radius 2 is 1.55 bits per heavy atom. The summed E-state index contributed by atoms with van der Waals surface area (Å²) in [5.74, 6) is -0.413. The molecule has 1 aliphatic heterocycles. The summed E-state index contributed by atoms with van der Waals surface area (Å²) in [7, 11) is 0. The standard InChI is InChI=1S/C27H25ClN2O/c1-19-25(26(29)31)27(2,22-13-15-23(28)16-14-22)24(17-20-9-5-3-6-10-20)30(19)18-21-11-7-4-8-12-21/h3-17H,18H2,1-2H3,(H2,29,31)/b24-17-. The van der Waals surface area contributed by atoms with Gasteiger partial charge in [-0.3, -0.25) is 4.79 Å². The van der Waals surface area contributed by atoms with Gasteiger partial charge in [0.2, 0.25) is 5.91 Å². The summed E-state index contributed by atoms with van der Waals surface area (Å²) in [5, 5.41) is 0.654. The molecule has 1 heterocycles. The lowest BCUT2D eigenvalue weighted by Gasteiger charge is -2.33. The highest BCUT2D eigenvalue weighted by Gasteiger charge is 2.47. The highest BCUT2D eigenvalue weighted by atomic mass is 35.5. The fraction of sp³-hybridized carbons (Fsp3) is 0.148. The number of nitrogens with two attached hydrogens (primary N) is 1.